The van der Waals surface area contributed by atoms with Gasteiger partial charge in [0.1, 0.15) is 5.60 Å². The molecule has 0 saturated heterocycles. The van der Waals surface area contributed by atoms with Crippen LogP contribution >= 0.6 is 0 Å². The van der Waals surface area contributed by atoms with E-state index in [1.165, 1.54) is 0 Å². The molecule has 0 radical (unpaired) electrons. The van der Waals surface area contributed by atoms with Gasteiger partial charge in [0.05, 0.1) is 9.82 Å². The molecule has 0 saturated carbocycles. The van der Waals surface area contributed by atoms with Crippen molar-refractivity contribution >= 4 is 21.8 Å². The molecule has 0 aromatic heterocycles. The van der Waals surface area contributed by atoms with E-state index < -0.39 is 26.6 Å². The van der Waals surface area contributed by atoms with Crippen LogP contribution in [0.4, 0.5) is 10.5 Å². The Labute approximate surface area is 134 Å². The van der Waals surface area contributed by atoms with Crippen LogP contribution in [0.5, 0.6) is 0 Å². The number of nitrogens with zero attached hydrogens (tertiary/aromatic N) is 1. The number of nitro groups is 1. The molecule has 0 fully saturated rings. The number of alkyl carbamates (subject to hydrolysis) is 1. The summed E-state index contributed by atoms with van der Waals surface area (Å²) in [4.78, 5) is 21.2. The number of hydrogen-bond acceptors (Lipinski definition) is 6. The molecule has 1 aromatic rings. The average molecular weight is 345 g/mol. The number of rotatable bonds is 6. The highest BCUT2D eigenvalue weighted by atomic mass is 32.2. The van der Waals surface area contributed by atoms with Crippen molar-refractivity contribution in [2.75, 3.05) is 13.1 Å². The highest BCUT2D eigenvalue weighted by molar-refractivity contribution is 7.89. The summed E-state index contributed by atoms with van der Waals surface area (Å²) < 4.78 is 31.2. The van der Waals surface area contributed by atoms with E-state index in [2.05, 4.69) is 10.0 Å². The van der Waals surface area contributed by atoms with Gasteiger partial charge in [-0.15, -0.1) is 0 Å². The molecular formula is C13H19N3O6S. The summed E-state index contributed by atoms with van der Waals surface area (Å²) in [6.45, 7) is 5.14. The molecule has 128 valence electrons. The largest absolute Gasteiger partial charge is 0.444 e. The molecule has 9 nitrogen and oxygen atoms in total. The van der Waals surface area contributed by atoms with E-state index >= 15 is 0 Å². The van der Waals surface area contributed by atoms with Crippen molar-refractivity contribution in [3.63, 3.8) is 0 Å². The van der Waals surface area contributed by atoms with Crippen molar-refractivity contribution in [1.82, 2.24) is 10.0 Å². The normalized spacial score (nSPS) is 11.8. The predicted molar refractivity (Wildman–Crippen MR) is 82.5 cm³/mol. The maximum atomic E-state index is 12.0. The van der Waals surface area contributed by atoms with Gasteiger partial charge in [-0.1, -0.05) is 0 Å². The first-order chi connectivity index (χ1) is 10.5. The monoisotopic (exact) mass is 345 g/mol. The molecule has 0 atom stereocenters. The lowest BCUT2D eigenvalue weighted by Gasteiger charge is -2.19. The number of carbonyl (C=O) groups is 1. The number of benzene rings is 1. The molecule has 1 amide bonds. The second kappa shape index (κ2) is 7.38. The summed E-state index contributed by atoms with van der Waals surface area (Å²) in [6, 6.07) is 4.49. The summed E-state index contributed by atoms with van der Waals surface area (Å²) in [5.74, 6) is 0. The van der Waals surface area contributed by atoms with Crippen LogP contribution < -0.4 is 10.0 Å². The number of carbonyl (C=O) groups excluding carboxylic acids is 1. The lowest BCUT2D eigenvalue weighted by Crippen LogP contribution is -2.37. The molecule has 0 unspecified atom stereocenters. The topological polar surface area (TPSA) is 128 Å². The van der Waals surface area contributed by atoms with Crippen LogP contribution in [0.3, 0.4) is 0 Å². The Balaban J connectivity index is 2.50. The Morgan fingerprint density at radius 2 is 1.78 bits per heavy atom. The summed E-state index contributed by atoms with van der Waals surface area (Å²) in [6.07, 6.45) is -0.646. The SMILES string of the molecule is CC(C)(C)OC(=O)NCCNS(=O)(=O)c1ccc([N+](=O)[O-])cc1. The van der Waals surface area contributed by atoms with Crippen molar-refractivity contribution in [3.8, 4) is 0 Å². The van der Waals surface area contributed by atoms with Crippen LogP contribution in [-0.2, 0) is 14.8 Å². The van der Waals surface area contributed by atoms with Gasteiger partial charge in [-0.3, -0.25) is 10.1 Å². The Morgan fingerprint density at radius 3 is 2.26 bits per heavy atom. The molecule has 0 aliphatic heterocycles. The van der Waals surface area contributed by atoms with Crippen molar-refractivity contribution in [2.24, 2.45) is 0 Å². The smallest absolute Gasteiger partial charge is 0.407 e. The van der Waals surface area contributed by atoms with Gasteiger partial charge < -0.3 is 10.1 Å². The number of non-ortho nitro benzene ring substituents is 1. The molecule has 23 heavy (non-hydrogen) atoms. The first-order valence-electron chi connectivity index (χ1n) is 6.72. The highest BCUT2D eigenvalue weighted by Gasteiger charge is 2.17. The van der Waals surface area contributed by atoms with Crippen LogP contribution in [0.2, 0.25) is 0 Å². The Kier molecular flexibility index (Phi) is 6.05. The zero-order chi connectivity index (χ0) is 17.7. The minimum atomic E-state index is -3.80. The first kappa shape index (κ1) is 18.8. The van der Waals surface area contributed by atoms with Gasteiger partial charge in [0.2, 0.25) is 10.0 Å². The maximum absolute atomic E-state index is 12.0. The van der Waals surface area contributed by atoms with E-state index in [0.717, 1.165) is 24.3 Å². The van der Waals surface area contributed by atoms with E-state index in [4.69, 9.17) is 4.74 Å². The third kappa shape index (κ3) is 6.61. The van der Waals surface area contributed by atoms with Gasteiger partial charge in [0.15, 0.2) is 0 Å². The minimum absolute atomic E-state index is 0.0428. The number of nitrogens with one attached hydrogen (secondary N) is 2. The van der Waals surface area contributed by atoms with E-state index in [1.54, 1.807) is 20.8 Å². The zero-order valence-corrected chi connectivity index (χ0v) is 13.8. The van der Waals surface area contributed by atoms with Gasteiger partial charge in [-0.05, 0) is 32.9 Å². The highest BCUT2D eigenvalue weighted by Crippen LogP contribution is 2.15. The number of sulfonamides is 1. The number of amides is 1. The Morgan fingerprint density at radius 1 is 1.22 bits per heavy atom. The number of nitro benzene ring substituents is 1. The second-order valence-corrected chi connectivity index (χ2v) is 7.34. The lowest BCUT2D eigenvalue weighted by atomic mass is 10.2. The quantitative estimate of drug-likeness (QED) is 0.456. The van der Waals surface area contributed by atoms with Crippen LogP contribution in [0, 0.1) is 10.1 Å². The molecule has 0 heterocycles. The fourth-order valence-electron chi connectivity index (χ4n) is 1.49. The summed E-state index contributed by atoms with van der Waals surface area (Å²) in [5, 5.41) is 12.9. The van der Waals surface area contributed by atoms with Crippen LogP contribution in [0.15, 0.2) is 29.2 Å². The summed E-state index contributed by atoms with van der Waals surface area (Å²) in [5.41, 5.74) is -0.835. The molecule has 0 aliphatic carbocycles. The van der Waals surface area contributed by atoms with Crippen molar-refractivity contribution in [2.45, 2.75) is 31.3 Å². The third-order valence-electron chi connectivity index (χ3n) is 2.44. The van der Waals surface area contributed by atoms with Gasteiger partial charge in [-0.25, -0.2) is 17.9 Å². The third-order valence-corrected chi connectivity index (χ3v) is 3.92. The van der Waals surface area contributed by atoms with E-state index in [1.807, 2.05) is 0 Å². The second-order valence-electron chi connectivity index (χ2n) is 5.58. The summed E-state index contributed by atoms with van der Waals surface area (Å²) in [7, 11) is -3.80. The molecule has 2 N–H and O–H groups in total. The van der Waals surface area contributed by atoms with E-state index in [-0.39, 0.29) is 23.7 Å². The van der Waals surface area contributed by atoms with Gasteiger partial charge in [0, 0.05) is 25.2 Å². The van der Waals surface area contributed by atoms with Crippen molar-refractivity contribution in [1.29, 1.82) is 0 Å². The zero-order valence-electron chi connectivity index (χ0n) is 13.0. The van der Waals surface area contributed by atoms with Crippen LogP contribution in [0.25, 0.3) is 0 Å². The molecule has 0 bridgehead atoms. The number of ether oxygens (including phenoxy) is 1. The van der Waals surface area contributed by atoms with E-state index in [0.29, 0.717) is 0 Å². The predicted octanol–water partition coefficient (Wildman–Crippen LogP) is 1.40. The fraction of sp³-hybridized carbons (Fsp3) is 0.462. The fourth-order valence-corrected chi connectivity index (χ4v) is 2.53. The lowest BCUT2D eigenvalue weighted by molar-refractivity contribution is -0.384. The molecule has 10 heteroatoms. The molecule has 1 rings (SSSR count). The Bertz CT molecular complexity index is 664. The van der Waals surface area contributed by atoms with Crippen molar-refractivity contribution in [3.05, 3.63) is 34.4 Å². The summed E-state index contributed by atoms with van der Waals surface area (Å²) >= 11 is 0. The standard InChI is InChI=1S/C13H19N3O6S/c1-13(2,3)22-12(17)14-8-9-15-23(20,21)11-6-4-10(5-7-11)16(18)19/h4-7,15H,8-9H2,1-3H3,(H,14,17). The first-order valence-corrected chi connectivity index (χ1v) is 8.20. The molecular weight excluding hydrogens is 326 g/mol. The van der Waals surface area contributed by atoms with Gasteiger partial charge in [-0.2, -0.15) is 0 Å². The molecule has 1 aromatic carbocycles. The maximum Gasteiger partial charge on any atom is 0.407 e. The van der Waals surface area contributed by atoms with Crippen LogP contribution in [0.1, 0.15) is 20.8 Å². The van der Waals surface area contributed by atoms with Gasteiger partial charge >= 0.3 is 6.09 Å². The van der Waals surface area contributed by atoms with Gasteiger partial charge in [0.25, 0.3) is 5.69 Å². The van der Waals surface area contributed by atoms with Crippen molar-refractivity contribution < 1.29 is 22.9 Å². The van der Waals surface area contributed by atoms with E-state index in [9.17, 15) is 23.3 Å². The minimum Gasteiger partial charge on any atom is -0.444 e. The molecule has 0 spiro atoms. The number of hydrogen-bond donors (Lipinski definition) is 2. The average Bonchev–Trinajstić information content (AvgIpc) is 2.42. The van der Waals surface area contributed by atoms with Crippen LogP contribution in [-0.4, -0.2) is 38.1 Å². The molecule has 0 aliphatic rings. The Hall–Kier alpha value is -2.20.